The molecular weight excluding hydrogens is 230 g/mol. The van der Waals surface area contributed by atoms with Crippen molar-refractivity contribution in [3.05, 3.63) is 71.8 Å². The minimum Gasteiger partial charge on any atom is -0.382 e. The average molecular weight is 251 g/mol. The van der Waals surface area contributed by atoms with Gasteiger partial charge in [0.1, 0.15) is 0 Å². The van der Waals surface area contributed by atoms with E-state index < -0.39 is 0 Å². The van der Waals surface area contributed by atoms with E-state index in [4.69, 9.17) is 0 Å². The molecule has 98 valence electrons. The van der Waals surface area contributed by atoms with Crippen molar-refractivity contribution in [1.82, 2.24) is 5.32 Å². The third-order valence-electron chi connectivity index (χ3n) is 3.08. The highest BCUT2D eigenvalue weighted by molar-refractivity contribution is 5.88. The topological polar surface area (TPSA) is 12.0 Å². The maximum absolute atomic E-state index is 3.57. The molecule has 0 saturated carbocycles. The molecule has 2 aromatic rings. The van der Waals surface area contributed by atoms with Crippen LogP contribution >= 0.6 is 0 Å². The normalized spacial score (nSPS) is 12.2. The molecule has 0 atom stereocenters. The summed E-state index contributed by atoms with van der Waals surface area (Å²) >= 11 is 0. The third kappa shape index (κ3) is 3.47. The Hall–Kier alpha value is -2.02. The van der Waals surface area contributed by atoms with Crippen LogP contribution in [-0.4, -0.2) is 6.04 Å². The monoisotopic (exact) mass is 251 g/mol. The second-order valence-corrected chi connectivity index (χ2v) is 5.03. The molecule has 0 unspecified atom stereocenters. The van der Waals surface area contributed by atoms with E-state index in [-0.39, 0.29) is 0 Å². The van der Waals surface area contributed by atoms with Gasteiger partial charge in [-0.05, 0) is 37.5 Å². The second kappa shape index (κ2) is 6.24. The lowest BCUT2D eigenvalue weighted by molar-refractivity contribution is 0.717. The van der Waals surface area contributed by atoms with Crippen molar-refractivity contribution in [2.75, 3.05) is 0 Å². The summed E-state index contributed by atoms with van der Waals surface area (Å²) < 4.78 is 0. The fourth-order valence-electron chi connectivity index (χ4n) is 2.13. The lowest BCUT2D eigenvalue weighted by atomic mass is 10.0. The zero-order valence-corrected chi connectivity index (χ0v) is 11.9. The molecule has 2 aromatic carbocycles. The van der Waals surface area contributed by atoms with Gasteiger partial charge in [0.2, 0.25) is 0 Å². The summed E-state index contributed by atoms with van der Waals surface area (Å²) in [5.41, 5.74) is 4.98. The van der Waals surface area contributed by atoms with E-state index in [1.165, 1.54) is 22.4 Å². The van der Waals surface area contributed by atoms with Gasteiger partial charge in [0.25, 0.3) is 0 Å². The predicted molar refractivity (Wildman–Crippen MR) is 83.6 cm³/mol. The Morgan fingerprint density at radius 3 is 1.74 bits per heavy atom. The Morgan fingerprint density at radius 1 is 0.789 bits per heavy atom. The average Bonchev–Trinajstić information content (AvgIpc) is 2.46. The Labute approximate surface area is 116 Å². The number of allylic oxidation sites excluding steroid dienone is 1. The summed E-state index contributed by atoms with van der Waals surface area (Å²) in [5, 5.41) is 3.57. The van der Waals surface area contributed by atoms with Crippen LogP contribution in [-0.2, 0) is 0 Å². The van der Waals surface area contributed by atoms with Crippen LogP contribution in [0.5, 0.6) is 0 Å². The van der Waals surface area contributed by atoms with Crippen molar-refractivity contribution in [3.63, 3.8) is 0 Å². The highest BCUT2D eigenvalue weighted by atomic mass is 14.9. The van der Waals surface area contributed by atoms with E-state index in [1.54, 1.807) is 0 Å². The Balaban J connectivity index is 2.48. The van der Waals surface area contributed by atoms with Crippen molar-refractivity contribution in [1.29, 1.82) is 0 Å². The minimum absolute atomic E-state index is 0.411. The molecule has 19 heavy (non-hydrogen) atoms. The molecule has 0 aliphatic rings. The molecule has 0 bridgehead atoms. The molecule has 0 amide bonds. The number of hydrogen-bond acceptors (Lipinski definition) is 1. The van der Waals surface area contributed by atoms with Crippen LogP contribution in [0, 0.1) is 0 Å². The van der Waals surface area contributed by atoms with E-state index in [0.717, 1.165) is 0 Å². The zero-order valence-electron chi connectivity index (χ0n) is 11.9. The molecule has 0 radical (unpaired) electrons. The molecule has 0 aromatic heterocycles. The lowest BCUT2D eigenvalue weighted by Gasteiger charge is -2.18. The van der Waals surface area contributed by atoms with E-state index in [0.29, 0.717) is 6.04 Å². The van der Waals surface area contributed by atoms with Gasteiger partial charge in [-0.15, -0.1) is 0 Å². The highest BCUT2D eigenvalue weighted by Crippen LogP contribution is 2.24. The van der Waals surface area contributed by atoms with Crippen LogP contribution in [0.4, 0.5) is 0 Å². The van der Waals surface area contributed by atoms with Crippen LogP contribution in [0.25, 0.3) is 11.3 Å². The first-order valence-corrected chi connectivity index (χ1v) is 6.76. The van der Waals surface area contributed by atoms with Gasteiger partial charge in [0, 0.05) is 11.7 Å². The highest BCUT2D eigenvalue weighted by Gasteiger charge is 2.08. The standard InChI is InChI=1S/C18H21N/c1-14(2)19-18(17-12-8-5-9-13-17)15(3)16-10-6-4-7-11-16/h4-14,19H,1-3H3/b18-15+. The fraction of sp³-hybridized carbons (Fsp3) is 0.222. The quantitative estimate of drug-likeness (QED) is 0.785. The third-order valence-corrected chi connectivity index (χ3v) is 3.08. The summed E-state index contributed by atoms with van der Waals surface area (Å²) in [4.78, 5) is 0. The number of nitrogens with one attached hydrogen (secondary N) is 1. The van der Waals surface area contributed by atoms with Crippen LogP contribution < -0.4 is 5.32 Å². The fourth-order valence-corrected chi connectivity index (χ4v) is 2.13. The second-order valence-electron chi connectivity index (χ2n) is 5.03. The van der Waals surface area contributed by atoms with Gasteiger partial charge in [0.05, 0.1) is 0 Å². The van der Waals surface area contributed by atoms with Gasteiger partial charge in [-0.3, -0.25) is 0 Å². The Bertz CT molecular complexity index is 538. The van der Waals surface area contributed by atoms with Gasteiger partial charge in [-0.1, -0.05) is 60.7 Å². The molecule has 0 saturated heterocycles. The lowest BCUT2D eigenvalue weighted by Crippen LogP contribution is -2.21. The van der Waals surface area contributed by atoms with Crippen molar-refractivity contribution >= 4 is 11.3 Å². The molecule has 0 spiro atoms. The molecule has 0 aliphatic carbocycles. The van der Waals surface area contributed by atoms with Gasteiger partial charge in [0.15, 0.2) is 0 Å². The molecular formula is C18H21N. The van der Waals surface area contributed by atoms with Gasteiger partial charge >= 0.3 is 0 Å². The van der Waals surface area contributed by atoms with E-state index in [2.05, 4.69) is 80.7 Å². The van der Waals surface area contributed by atoms with Gasteiger partial charge < -0.3 is 5.32 Å². The molecule has 0 aliphatic heterocycles. The minimum atomic E-state index is 0.411. The summed E-state index contributed by atoms with van der Waals surface area (Å²) in [6.07, 6.45) is 0. The predicted octanol–water partition coefficient (Wildman–Crippen LogP) is 4.57. The van der Waals surface area contributed by atoms with Gasteiger partial charge in [-0.25, -0.2) is 0 Å². The largest absolute Gasteiger partial charge is 0.382 e. The number of benzene rings is 2. The smallest absolute Gasteiger partial charge is 0.0451 e. The van der Waals surface area contributed by atoms with E-state index in [1.807, 2.05) is 6.07 Å². The first-order valence-electron chi connectivity index (χ1n) is 6.76. The van der Waals surface area contributed by atoms with Crippen molar-refractivity contribution in [2.24, 2.45) is 0 Å². The summed E-state index contributed by atoms with van der Waals surface area (Å²) in [6.45, 7) is 6.51. The first-order chi connectivity index (χ1) is 9.18. The van der Waals surface area contributed by atoms with Crippen molar-refractivity contribution < 1.29 is 0 Å². The van der Waals surface area contributed by atoms with E-state index >= 15 is 0 Å². The first kappa shape index (κ1) is 13.4. The van der Waals surface area contributed by atoms with Crippen LogP contribution in [0.1, 0.15) is 31.9 Å². The number of hydrogen-bond donors (Lipinski definition) is 1. The Morgan fingerprint density at radius 2 is 1.26 bits per heavy atom. The van der Waals surface area contributed by atoms with Crippen LogP contribution in [0.15, 0.2) is 60.7 Å². The SMILES string of the molecule is C/C(=C(\NC(C)C)c1ccccc1)c1ccccc1. The summed E-state index contributed by atoms with van der Waals surface area (Å²) in [7, 11) is 0. The van der Waals surface area contributed by atoms with Crippen molar-refractivity contribution in [2.45, 2.75) is 26.8 Å². The van der Waals surface area contributed by atoms with Crippen molar-refractivity contribution in [3.8, 4) is 0 Å². The molecule has 1 nitrogen and oxygen atoms in total. The summed E-state index contributed by atoms with van der Waals surface area (Å²) in [6, 6.07) is 21.4. The summed E-state index contributed by atoms with van der Waals surface area (Å²) in [5.74, 6) is 0. The molecule has 2 rings (SSSR count). The van der Waals surface area contributed by atoms with Crippen LogP contribution in [0.2, 0.25) is 0 Å². The van der Waals surface area contributed by atoms with E-state index in [9.17, 15) is 0 Å². The van der Waals surface area contributed by atoms with Crippen LogP contribution in [0.3, 0.4) is 0 Å². The molecule has 1 heteroatoms. The Kier molecular flexibility index (Phi) is 4.40. The molecule has 0 fully saturated rings. The molecule has 0 heterocycles. The zero-order chi connectivity index (χ0) is 13.7. The maximum atomic E-state index is 3.57. The number of rotatable bonds is 4. The van der Waals surface area contributed by atoms with Gasteiger partial charge in [-0.2, -0.15) is 0 Å². The molecule has 1 N–H and O–H groups in total. The maximum Gasteiger partial charge on any atom is 0.0451 e.